The van der Waals surface area contributed by atoms with Crippen LogP contribution in [0.25, 0.3) is 17.0 Å². The Balaban J connectivity index is 1.74. The number of aromatic amines is 1. The van der Waals surface area contributed by atoms with E-state index in [0.29, 0.717) is 11.3 Å². The quantitative estimate of drug-likeness (QED) is 0.720. The molecule has 0 aliphatic rings. The van der Waals surface area contributed by atoms with Gasteiger partial charge in [-0.2, -0.15) is 0 Å². The molecule has 0 radical (unpaired) electrons. The molecule has 0 saturated heterocycles. The van der Waals surface area contributed by atoms with Gasteiger partial charge in [-0.1, -0.05) is 18.2 Å². The van der Waals surface area contributed by atoms with Gasteiger partial charge in [-0.25, -0.2) is 0 Å². The molecule has 5 nitrogen and oxygen atoms in total. The standard InChI is InChI=1S/C20H19N3O2/c1-23(2)17-10-8-16(9-11-17)21-19(24)12-7-15-13-14-5-3-4-6-18(14)22-20(15)25/h3-13H,1-2H3,(H,21,24)(H,22,25)/b12-7+. The average Bonchev–Trinajstić information content (AvgIpc) is 2.60. The summed E-state index contributed by atoms with van der Waals surface area (Å²) < 4.78 is 0. The van der Waals surface area contributed by atoms with Crippen LogP contribution in [0.5, 0.6) is 0 Å². The fraction of sp³-hybridized carbons (Fsp3) is 0.100. The van der Waals surface area contributed by atoms with E-state index >= 15 is 0 Å². The normalized spacial score (nSPS) is 11.0. The number of fused-ring (bicyclic) bond motifs is 1. The highest BCUT2D eigenvalue weighted by Crippen LogP contribution is 2.16. The van der Waals surface area contributed by atoms with E-state index in [0.717, 1.165) is 16.6 Å². The third-order valence-corrected chi connectivity index (χ3v) is 3.85. The predicted molar refractivity (Wildman–Crippen MR) is 103 cm³/mol. The van der Waals surface area contributed by atoms with Crippen molar-refractivity contribution in [3.63, 3.8) is 0 Å². The van der Waals surface area contributed by atoms with Crippen LogP contribution in [0.4, 0.5) is 11.4 Å². The van der Waals surface area contributed by atoms with Crippen molar-refractivity contribution >= 4 is 34.3 Å². The van der Waals surface area contributed by atoms with Gasteiger partial charge in [0.25, 0.3) is 5.56 Å². The lowest BCUT2D eigenvalue weighted by Gasteiger charge is -2.12. The van der Waals surface area contributed by atoms with Gasteiger partial charge in [-0.3, -0.25) is 9.59 Å². The molecular formula is C20H19N3O2. The largest absolute Gasteiger partial charge is 0.378 e. The highest BCUT2D eigenvalue weighted by molar-refractivity contribution is 6.02. The highest BCUT2D eigenvalue weighted by Gasteiger charge is 2.02. The highest BCUT2D eigenvalue weighted by atomic mass is 16.1. The van der Waals surface area contributed by atoms with Crippen LogP contribution in [0, 0.1) is 0 Å². The van der Waals surface area contributed by atoms with Crippen LogP contribution in [0.3, 0.4) is 0 Å². The van der Waals surface area contributed by atoms with Crippen LogP contribution in [0.2, 0.25) is 0 Å². The molecule has 0 aliphatic heterocycles. The summed E-state index contributed by atoms with van der Waals surface area (Å²) in [5, 5.41) is 3.70. The summed E-state index contributed by atoms with van der Waals surface area (Å²) in [6, 6.07) is 16.8. The Hall–Kier alpha value is -3.34. The van der Waals surface area contributed by atoms with Crippen molar-refractivity contribution in [1.29, 1.82) is 0 Å². The van der Waals surface area contributed by atoms with Crippen LogP contribution >= 0.6 is 0 Å². The molecule has 0 saturated carbocycles. The van der Waals surface area contributed by atoms with Gasteiger partial charge in [-0.05, 0) is 47.9 Å². The smallest absolute Gasteiger partial charge is 0.255 e. The number of pyridine rings is 1. The molecule has 3 rings (SSSR count). The van der Waals surface area contributed by atoms with Crippen molar-refractivity contribution in [1.82, 2.24) is 4.98 Å². The van der Waals surface area contributed by atoms with Crippen LogP contribution in [0.1, 0.15) is 5.56 Å². The first-order valence-corrected chi connectivity index (χ1v) is 7.91. The van der Waals surface area contributed by atoms with Crippen molar-refractivity contribution in [2.24, 2.45) is 0 Å². The van der Waals surface area contributed by atoms with E-state index in [1.54, 1.807) is 6.07 Å². The van der Waals surface area contributed by atoms with Gasteiger partial charge in [0.1, 0.15) is 0 Å². The van der Waals surface area contributed by atoms with Crippen LogP contribution in [-0.4, -0.2) is 25.0 Å². The molecule has 1 aromatic heterocycles. The van der Waals surface area contributed by atoms with E-state index < -0.39 is 0 Å². The minimum atomic E-state index is -0.287. The molecule has 0 aliphatic carbocycles. The lowest BCUT2D eigenvalue weighted by atomic mass is 10.1. The van der Waals surface area contributed by atoms with Crippen molar-refractivity contribution in [3.8, 4) is 0 Å². The molecule has 2 N–H and O–H groups in total. The molecule has 126 valence electrons. The molecule has 5 heteroatoms. The Labute approximate surface area is 145 Å². The maximum absolute atomic E-state index is 12.1. The van der Waals surface area contributed by atoms with Gasteiger partial charge in [0.05, 0.1) is 0 Å². The number of aromatic nitrogens is 1. The Morgan fingerprint density at radius 2 is 1.80 bits per heavy atom. The first-order valence-electron chi connectivity index (χ1n) is 7.91. The monoisotopic (exact) mass is 333 g/mol. The van der Waals surface area contributed by atoms with Gasteiger partial charge in [-0.15, -0.1) is 0 Å². The van der Waals surface area contributed by atoms with Crippen molar-refractivity contribution < 1.29 is 4.79 Å². The molecule has 0 bridgehead atoms. The molecule has 1 heterocycles. The molecule has 0 spiro atoms. The second-order valence-electron chi connectivity index (χ2n) is 5.90. The fourth-order valence-electron chi connectivity index (χ4n) is 2.48. The van der Waals surface area contributed by atoms with E-state index in [1.807, 2.05) is 67.5 Å². The number of carbonyl (C=O) groups is 1. The van der Waals surface area contributed by atoms with Crippen LogP contribution in [0.15, 0.2) is 65.5 Å². The predicted octanol–water partition coefficient (Wildman–Crippen LogP) is 3.25. The molecule has 0 fully saturated rings. The maximum atomic E-state index is 12.1. The van der Waals surface area contributed by atoms with E-state index in [2.05, 4.69) is 10.3 Å². The summed E-state index contributed by atoms with van der Waals surface area (Å²) in [4.78, 5) is 28.9. The minimum Gasteiger partial charge on any atom is -0.378 e. The topological polar surface area (TPSA) is 65.2 Å². The lowest BCUT2D eigenvalue weighted by molar-refractivity contribution is -0.111. The number of anilines is 2. The van der Waals surface area contributed by atoms with Gasteiger partial charge < -0.3 is 15.2 Å². The number of rotatable bonds is 4. The van der Waals surface area contributed by atoms with E-state index in [-0.39, 0.29) is 11.5 Å². The van der Waals surface area contributed by atoms with Crippen molar-refractivity contribution in [2.75, 3.05) is 24.3 Å². The molecule has 1 amide bonds. The van der Waals surface area contributed by atoms with E-state index in [9.17, 15) is 9.59 Å². The summed E-state index contributed by atoms with van der Waals surface area (Å²) in [6.07, 6.45) is 2.88. The van der Waals surface area contributed by atoms with Crippen LogP contribution < -0.4 is 15.8 Å². The zero-order chi connectivity index (χ0) is 17.8. The molecule has 0 unspecified atom stereocenters. The van der Waals surface area contributed by atoms with Crippen LogP contribution in [-0.2, 0) is 4.79 Å². The Kier molecular flexibility index (Phi) is 4.66. The number of amides is 1. The SMILES string of the molecule is CN(C)c1ccc(NC(=O)/C=C/c2cc3ccccc3[nH]c2=O)cc1. The lowest BCUT2D eigenvalue weighted by Crippen LogP contribution is -2.11. The summed E-state index contributed by atoms with van der Waals surface area (Å²) in [5.74, 6) is -0.287. The van der Waals surface area contributed by atoms with Gasteiger partial charge in [0.2, 0.25) is 5.91 Å². The van der Waals surface area contributed by atoms with E-state index in [4.69, 9.17) is 0 Å². The summed E-state index contributed by atoms with van der Waals surface area (Å²) in [5.41, 5.74) is 2.74. The summed E-state index contributed by atoms with van der Waals surface area (Å²) >= 11 is 0. The third kappa shape index (κ3) is 3.95. The van der Waals surface area contributed by atoms with E-state index in [1.165, 1.54) is 12.2 Å². The number of carbonyl (C=O) groups excluding carboxylic acids is 1. The average molecular weight is 333 g/mol. The first-order chi connectivity index (χ1) is 12.0. The Morgan fingerprint density at radius 1 is 1.08 bits per heavy atom. The molecule has 3 aromatic rings. The summed E-state index contributed by atoms with van der Waals surface area (Å²) in [6.45, 7) is 0. The van der Waals surface area contributed by atoms with Gasteiger partial charge >= 0.3 is 0 Å². The fourth-order valence-corrected chi connectivity index (χ4v) is 2.48. The Morgan fingerprint density at radius 3 is 2.52 bits per heavy atom. The Bertz CT molecular complexity index is 986. The number of para-hydroxylation sites is 1. The number of nitrogens with zero attached hydrogens (tertiary/aromatic N) is 1. The zero-order valence-corrected chi connectivity index (χ0v) is 14.1. The zero-order valence-electron chi connectivity index (χ0n) is 14.1. The second kappa shape index (κ2) is 7.05. The number of hydrogen-bond acceptors (Lipinski definition) is 3. The van der Waals surface area contributed by atoms with Gasteiger partial charge in [0, 0.05) is 42.6 Å². The minimum absolute atomic E-state index is 0.224. The number of benzene rings is 2. The third-order valence-electron chi connectivity index (χ3n) is 3.85. The molecule has 0 atom stereocenters. The molecular weight excluding hydrogens is 314 g/mol. The number of nitrogens with one attached hydrogen (secondary N) is 2. The number of hydrogen-bond donors (Lipinski definition) is 2. The summed E-state index contributed by atoms with van der Waals surface area (Å²) in [7, 11) is 3.91. The van der Waals surface area contributed by atoms with Crippen molar-refractivity contribution in [2.45, 2.75) is 0 Å². The first kappa shape index (κ1) is 16.5. The number of H-pyrrole nitrogens is 1. The molecule has 2 aromatic carbocycles. The van der Waals surface area contributed by atoms with Gasteiger partial charge in [0.15, 0.2) is 0 Å². The second-order valence-corrected chi connectivity index (χ2v) is 5.90. The maximum Gasteiger partial charge on any atom is 0.255 e. The van der Waals surface area contributed by atoms with Crippen molar-refractivity contribution in [3.05, 3.63) is 76.6 Å². The molecule has 25 heavy (non-hydrogen) atoms.